The average molecular weight is 391 g/mol. The zero-order valence-electron chi connectivity index (χ0n) is 15.4. The summed E-state index contributed by atoms with van der Waals surface area (Å²) in [5, 5.41) is 22.5. The summed E-state index contributed by atoms with van der Waals surface area (Å²) in [6.07, 6.45) is 1.72. The average Bonchev–Trinajstić information content (AvgIpc) is 3.02. The number of nitrogens with zero attached hydrogens (tertiary/aromatic N) is 1. The van der Waals surface area contributed by atoms with Crippen molar-refractivity contribution in [2.75, 3.05) is 13.1 Å². The maximum Gasteiger partial charge on any atom is 0.335 e. The Labute approximate surface area is 160 Å². The fourth-order valence-corrected chi connectivity index (χ4v) is 3.52. The quantitative estimate of drug-likeness (QED) is 0.600. The third kappa shape index (κ3) is 3.99. The summed E-state index contributed by atoms with van der Waals surface area (Å²) in [5.74, 6) is -2.40. The van der Waals surface area contributed by atoms with Gasteiger partial charge in [0.1, 0.15) is 11.9 Å². The fourth-order valence-electron chi connectivity index (χ4n) is 3.52. The highest BCUT2D eigenvalue weighted by Crippen LogP contribution is 2.24. The van der Waals surface area contributed by atoms with Gasteiger partial charge in [-0.3, -0.25) is 9.59 Å². The molecule has 0 aliphatic carbocycles. The van der Waals surface area contributed by atoms with E-state index in [0.717, 1.165) is 10.9 Å². The molecule has 1 saturated heterocycles. The molecule has 0 radical (unpaired) electrons. The second-order valence-electron chi connectivity index (χ2n) is 7.12. The van der Waals surface area contributed by atoms with Crippen molar-refractivity contribution >= 4 is 28.7 Å². The Morgan fingerprint density at radius 3 is 2.61 bits per heavy atom. The largest absolute Gasteiger partial charge is 0.479 e. The van der Waals surface area contributed by atoms with Crippen LogP contribution in [0.3, 0.4) is 0 Å². The minimum absolute atomic E-state index is 0.0762. The van der Waals surface area contributed by atoms with E-state index in [-0.39, 0.29) is 50.0 Å². The van der Waals surface area contributed by atoms with Gasteiger partial charge in [-0.25, -0.2) is 9.18 Å². The molecule has 28 heavy (non-hydrogen) atoms. The predicted molar refractivity (Wildman–Crippen MR) is 98.0 cm³/mol. The zero-order valence-corrected chi connectivity index (χ0v) is 15.4. The first kappa shape index (κ1) is 19.8. The van der Waals surface area contributed by atoms with Gasteiger partial charge >= 0.3 is 5.97 Å². The summed E-state index contributed by atoms with van der Waals surface area (Å²) in [7, 11) is 0. The molecule has 1 unspecified atom stereocenters. The highest BCUT2D eigenvalue weighted by Gasteiger charge is 2.41. The van der Waals surface area contributed by atoms with Crippen molar-refractivity contribution in [1.29, 1.82) is 0 Å². The van der Waals surface area contributed by atoms with Crippen molar-refractivity contribution in [3.8, 4) is 0 Å². The Bertz CT molecular complexity index is 917. The van der Waals surface area contributed by atoms with Crippen molar-refractivity contribution in [1.82, 2.24) is 15.2 Å². The zero-order chi connectivity index (χ0) is 20.5. The van der Waals surface area contributed by atoms with Gasteiger partial charge in [-0.15, -0.1) is 0 Å². The number of nitrogens with one attached hydrogen (secondary N) is 2. The number of aromatic nitrogens is 1. The Morgan fingerprint density at radius 2 is 2.00 bits per heavy atom. The molecule has 3 rings (SSSR count). The summed E-state index contributed by atoms with van der Waals surface area (Å²) < 4.78 is 13.4. The van der Waals surface area contributed by atoms with E-state index in [1.54, 1.807) is 12.3 Å². The molecule has 4 N–H and O–H groups in total. The van der Waals surface area contributed by atoms with Gasteiger partial charge in [0.15, 0.2) is 5.60 Å². The number of aliphatic carboxylic acids is 1. The van der Waals surface area contributed by atoms with E-state index < -0.39 is 17.6 Å². The molecule has 0 bridgehead atoms. The van der Waals surface area contributed by atoms with Gasteiger partial charge in [0.05, 0.1) is 0 Å². The molecule has 0 saturated carbocycles. The van der Waals surface area contributed by atoms with Gasteiger partial charge in [-0.05, 0) is 23.8 Å². The van der Waals surface area contributed by atoms with Crippen LogP contribution in [-0.4, -0.2) is 62.6 Å². The van der Waals surface area contributed by atoms with E-state index in [0.29, 0.717) is 5.52 Å². The second-order valence-corrected chi connectivity index (χ2v) is 7.12. The number of halogens is 1. The Balaban J connectivity index is 1.77. The van der Waals surface area contributed by atoms with E-state index >= 15 is 0 Å². The molecule has 1 fully saturated rings. The van der Waals surface area contributed by atoms with Crippen molar-refractivity contribution in [3.05, 3.63) is 35.8 Å². The van der Waals surface area contributed by atoms with Crippen LogP contribution in [-0.2, 0) is 20.8 Å². The van der Waals surface area contributed by atoms with Crippen LogP contribution in [0.15, 0.2) is 24.4 Å². The lowest BCUT2D eigenvalue weighted by Crippen LogP contribution is -2.55. The van der Waals surface area contributed by atoms with E-state index in [9.17, 15) is 23.9 Å². The summed E-state index contributed by atoms with van der Waals surface area (Å²) in [4.78, 5) is 40.1. The molecule has 1 aromatic heterocycles. The second kappa shape index (κ2) is 7.59. The molecule has 8 nitrogen and oxygen atoms in total. The number of benzene rings is 1. The van der Waals surface area contributed by atoms with Gasteiger partial charge < -0.3 is 25.4 Å². The summed E-state index contributed by atoms with van der Waals surface area (Å²) in [5.41, 5.74) is -0.490. The van der Waals surface area contributed by atoms with Crippen molar-refractivity contribution in [2.24, 2.45) is 0 Å². The lowest BCUT2D eigenvalue weighted by atomic mass is 9.91. The van der Waals surface area contributed by atoms with Crippen LogP contribution in [0, 0.1) is 5.82 Å². The van der Waals surface area contributed by atoms with E-state index in [1.807, 2.05) is 0 Å². The van der Waals surface area contributed by atoms with Crippen LogP contribution >= 0.6 is 0 Å². The molecular weight excluding hydrogens is 369 g/mol. The number of carboxylic acid groups (broad SMARTS) is 1. The van der Waals surface area contributed by atoms with Gasteiger partial charge in [0.25, 0.3) is 0 Å². The number of H-pyrrole nitrogens is 1. The first-order chi connectivity index (χ1) is 13.2. The Morgan fingerprint density at radius 1 is 1.32 bits per heavy atom. The number of aliphatic hydroxyl groups is 1. The topological polar surface area (TPSA) is 123 Å². The Kier molecular flexibility index (Phi) is 5.37. The smallest absolute Gasteiger partial charge is 0.335 e. The van der Waals surface area contributed by atoms with Gasteiger partial charge in [0, 0.05) is 56.4 Å². The normalized spacial score (nSPS) is 17.3. The lowest BCUT2D eigenvalue weighted by molar-refractivity contribution is -0.165. The van der Waals surface area contributed by atoms with Crippen LogP contribution in [0.5, 0.6) is 0 Å². The number of rotatable bonds is 5. The van der Waals surface area contributed by atoms with Gasteiger partial charge in [-0.1, -0.05) is 0 Å². The molecule has 2 heterocycles. The monoisotopic (exact) mass is 391 g/mol. The van der Waals surface area contributed by atoms with E-state index in [1.165, 1.54) is 24.0 Å². The number of amides is 2. The number of piperidine rings is 1. The fraction of sp³-hybridized carbons (Fsp3) is 0.421. The lowest BCUT2D eigenvalue weighted by Gasteiger charge is -2.37. The van der Waals surface area contributed by atoms with Gasteiger partial charge in [-0.2, -0.15) is 0 Å². The van der Waals surface area contributed by atoms with E-state index in [4.69, 9.17) is 5.11 Å². The first-order valence-corrected chi connectivity index (χ1v) is 8.97. The molecule has 1 aromatic carbocycles. The predicted octanol–water partition coefficient (Wildman–Crippen LogP) is 0.792. The number of carbonyl (C=O) groups excluding carboxylic acids is 2. The molecule has 150 valence electrons. The molecule has 1 aliphatic heterocycles. The highest BCUT2D eigenvalue weighted by molar-refractivity contribution is 5.89. The summed E-state index contributed by atoms with van der Waals surface area (Å²) in [6.45, 7) is 1.47. The summed E-state index contributed by atoms with van der Waals surface area (Å²) in [6, 6.07) is 3.44. The van der Waals surface area contributed by atoms with E-state index in [2.05, 4.69) is 10.3 Å². The minimum Gasteiger partial charge on any atom is -0.479 e. The van der Waals surface area contributed by atoms with Crippen LogP contribution in [0.4, 0.5) is 4.39 Å². The van der Waals surface area contributed by atoms with Crippen LogP contribution in [0.2, 0.25) is 0 Å². The number of likely N-dealkylation sites (tertiary alicyclic amines) is 1. The van der Waals surface area contributed by atoms with Crippen molar-refractivity contribution in [3.63, 3.8) is 0 Å². The van der Waals surface area contributed by atoms with Crippen molar-refractivity contribution in [2.45, 2.75) is 37.8 Å². The number of carbonyl (C=O) groups is 3. The standard InChI is InChI=1S/C19H22FN3O5/c1-11(24)22-16(8-12-10-21-15-9-13(20)2-3-14(12)15)17(25)23-6-4-19(28,5-7-23)18(26)27/h2-3,9-10,16,21,28H,4-8H2,1H3,(H,22,24)(H,26,27). The minimum atomic E-state index is -1.83. The third-order valence-corrected chi connectivity index (χ3v) is 5.13. The molecule has 2 aromatic rings. The highest BCUT2D eigenvalue weighted by atomic mass is 19.1. The van der Waals surface area contributed by atoms with Crippen LogP contribution in [0.1, 0.15) is 25.3 Å². The van der Waals surface area contributed by atoms with Crippen LogP contribution in [0.25, 0.3) is 10.9 Å². The Hall–Kier alpha value is -2.94. The number of carboxylic acids is 1. The van der Waals surface area contributed by atoms with Gasteiger partial charge in [0.2, 0.25) is 11.8 Å². The first-order valence-electron chi connectivity index (χ1n) is 8.97. The third-order valence-electron chi connectivity index (χ3n) is 5.13. The summed E-state index contributed by atoms with van der Waals surface area (Å²) >= 11 is 0. The molecule has 1 atom stereocenters. The van der Waals surface area contributed by atoms with Crippen molar-refractivity contribution < 1.29 is 29.0 Å². The SMILES string of the molecule is CC(=O)NC(Cc1c[nH]c2cc(F)ccc12)C(=O)N1CCC(O)(C(=O)O)CC1. The number of hydrogen-bond donors (Lipinski definition) is 4. The molecule has 0 spiro atoms. The molecule has 9 heteroatoms. The molecule has 2 amide bonds. The number of fused-ring (bicyclic) bond motifs is 1. The molecule has 1 aliphatic rings. The maximum absolute atomic E-state index is 13.4. The number of aromatic amines is 1. The molecular formula is C19H22FN3O5. The number of hydrogen-bond acceptors (Lipinski definition) is 4. The maximum atomic E-state index is 13.4. The van der Waals surface area contributed by atoms with Crippen LogP contribution < -0.4 is 5.32 Å².